The van der Waals surface area contributed by atoms with Crippen LogP contribution in [0.5, 0.6) is 0 Å². The predicted octanol–water partition coefficient (Wildman–Crippen LogP) is 1.84. The topological polar surface area (TPSA) is 69.6 Å². The molecule has 0 aliphatic rings. The van der Waals surface area contributed by atoms with Gasteiger partial charge in [-0.3, -0.25) is 9.59 Å². The average Bonchev–Trinajstić information content (AvgIpc) is 2.40. The Morgan fingerprint density at radius 1 is 1.33 bits per heavy atom. The normalized spacial score (nSPS) is 11.9. The minimum Gasteiger partial charge on any atom is -0.395 e. The fourth-order valence-electron chi connectivity index (χ4n) is 1.89. The molecule has 0 fully saturated rings. The fourth-order valence-corrected chi connectivity index (χ4v) is 2.21. The van der Waals surface area contributed by atoms with E-state index in [1.54, 1.807) is 25.1 Å². The molecule has 0 heterocycles. The molecule has 0 saturated heterocycles. The summed E-state index contributed by atoms with van der Waals surface area (Å²) in [6, 6.07) is 4.43. The fraction of sp³-hybridized carbons (Fsp3) is 0.429. The summed E-state index contributed by atoms with van der Waals surface area (Å²) >= 11 is 11.8. The van der Waals surface area contributed by atoms with Crippen LogP contribution in [0.1, 0.15) is 19.4 Å². The van der Waals surface area contributed by atoms with Gasteiger partial charge in [0.15, 0.2) is 0 Å². The molecule has 7 heteroatoms. The van der Waals surface area contributed by atoms with Crippen LogP contribution < -0.4 is 5.32 Å². The van der Waals surface area contributed by atoms with Crippen molar-refractivity contribution in [2.75, 3.05) is 13.2 Å². The monoisotopic (exact) mass is 332 g/mol. The highest BCUT2D eigenvalue weighted by Crippen LogP contribution is 2.23. The molecule has 0 aliphatic carbocycles. The predicted molar refractivity (Wildman–Crippen MR) is 82.2 cm³/mol. The number of hydrogen-bond donors (Lipinski definition) is 2. The summed E-state index contributed by atoms with van der Waals surface area (Å²) in [5.41, 5.74) is 0.793. The minimum atomic E-state index is -0.656. The highest BCUT2D eigenvalue weighted by molar-refractivity contribution is 6.42. The Labute approximate surface area is 133 Å². The summed E-state index contributed by atoms with van der Waals surface area (Å²) in [4.78, 5) is 24.7. The number of hydrogen-bond acceptors (Lipinski definition) is 3. The van der Waals surface area contributed by atoms with Crippen LogP contribution in [-0.2, 0) is 16.1 Å². The first-order chi connectivity index (χ1) is 9.85. The summed E-state index contributed by atoms with van der Waals surface area (Å²) in [6.45, 7) is 3.23. The molecular weight excluding hydrogens is 315 g/mol. The molecule has 5 nitrogen and oxygen atoms in total. The van der Waals surface area contributed by atoms with Crippen LogP contribution in [0, 0.1) is 0 Å². The zero-order valence-electron chi connectivity index (χ0n) is 11.9. The molecule has 1 aromatic carbocycles. The van der Waals surface area contributed by atoms with E-state index in [1.807, 2.05) is 0 Å². The number of halogens is 2. The van der Waals surface area contributed by atoms with Gasteiger partial charge >= 0.3 is 0 Å². The third-order valence-corrected chi connectivity index (χ3v) is 3.57. The van der Waals surface area contributed by atoms with E-state index in [0.29, 0.717) is 10.0 Å². The van der Waals surface area contributed by atoms with Gasteiger partial charge in [0, 0.05) is 20.0 Å². The van der Waals surface area contributed by atoms with Crippen molar-refractivity contribution in [3.8, 4) is 0 Å². The first kappa shape index (κ1) is 17.8. The number of rotatable bonds is 6. The van der Waals surface area contributed by atoms with Crippen molar-refractivity contribution in [2.24, 2.45) is 0 Å². The standard InChI is InChI=1S/C14H18Cl2N2O3/c1-9(17-10(2)20)14(21)18(5-6-19)8-11-3-4-12(15)13(16)7-11/h3-4,7,9,19H,5-6,8H2,1-2H3,(H,17,20). The molecule has 1 rings (SSSR count). The van der Waals surface area contributed by atoms with Gasteiger partial charge in [-0.25, -0.2) is 0 Å². The van der Waals surface area contributed by atoms with Crippen molar-refractivity contribution in [3.05, 3.63) is 33.8 Å². The van der Waals surface area contributed by atoms with Gasteiger partial charge in [-0.05, 0) is 24.6 Å². The van der Waals surface area contributed by atoms with E-state index in [9.17, 15) is 9.59 Å². The SMILES string of the molecule is CC(=O)NC(C)C(=O)N(CCO)Cc1ccc(Cl)c(Cl)c1. The Balaban J connectivity index is 2.83. The Bertz CT molecular complexity index is 523. The second-order valence-electron chi connectivity index (χ2n) is 4.65. The highest BCUT2D eigenvalue weighted by atomic mass is 35.5. The molecule has 0 saturated carbocycles. The maximum atomic E-state index is 12.3. The van der Waals surface area contributed by atoms with Gasteiger partial charge < -0.3 is 15.3 Å². The van der Waals surface area contributed by atoms with Gasteiger partial charge in [-0.2, -0.15) is 0 Å². The van der Waals surface area contributed by atoms with Gasteiger partial charge in [0.25, 0.3) is 0 Å². The lowest BCUT2D eigenvalue weighted by Crippen LogP contribution is -2.46. The molecule has 0 bridgehead atoms. The van der Waals surface area contributed by atoms with E-state index in [1.165, 1.54) is 11.8 Å². The lowest BCUT2D eigenvalue weighted by molar-refractivity contribution is -0.136. The van der Waals surface area contributed by atoms with E-state index >= 15 is 0 Å². The number of carbonyl (C=O) groups excluding carboxylic acids is 2. The molecule has 0 aromatic heterocycles. The molecule has 1 aromatic rings. The number of nitrogens with one attached hydrogen (secondary N) is 1. The van der Waals surface area contributed by atoms with Crippen LogP contribution in [0.25, 0.3) is 0 Å². The van der Waals surface area contributed by atoms with Crippen molar-refractivity contribution in [3.63, 3.8) is 0 Å². The molecule has 2 amide bonds. The van der Waals surface area contributed by atoms with Crippen molar-refractivity contribution in [1.29, 1.82) is 0 Å². The lowest BCUT2D eigenvalue weighted by Gasteiger charge is -2.25. The molecule has 0 radical (unpaired) electrons. The maximum Gasteiger partial charge on any atom is 0.245 e. The lowest BCUT2D eigenvalue weighted by atomic mass is 10.2. The van der Waals surface area contributed by atoms with Crippen LogP contribution >= 0.6 is 23.2 Å². The van der Waals surface area contributed by atoms with Gasteiger partial charge in [0.05, 0.1) is 16.7 Å². The van der Waals surface area contributed by atoms with E-state index in [2.05, 4.69) is 5.32 Å². The molecule has 1 unspecified atom stereocenters. The third kappa shape index (κ3) is 5.53. The van der Waals surface area contributed by atoms with Gasteiger partial charge in [0.1, 0.15) is 6.04 Å². The number of benzene rings is 1. The summed E-state index contributed by atoms with van der Waals surface area (Å²) in [6.07, 6.45) is 0. The van der Waals surface area contributed by atoms with E-state index in [0.717, 1.165) is 5.56 Å². The van der Waals surface area contributed by atoms with E-state index in [4.69, 9.17) is 28.3 Å². The molecule has 116 valence electrons. The largest absolute Gasteiger partial charge is 0.395 e. The van der Waals surface area contributed by atoms with Crippen molar-refractivity contribution in [2.45, 2.75) is 26.4 Å². The van der Waals surface area contributed by atoms with Crippen LogP contribution in [0.2, 0.25) is 10.0 Å². The maximum absolute atomic E-state index is 12.3. The first-order valence-electron chi connectivity index (χ1n) is 6.45. The van der Waals surface area contributed by atoms with Crippen LogP contribution in [0.15, 0.2) is 18.2 Å². The van der Waals surface area contributed by atoms with Crippen molar-refractivity contribution >= 4 is 35.0 Å². The molecule has 21 heavy (non-hydrogen) atoms. The first-order valence-corrected chi connectivity index (χ1v) is 7.21. The quantitative estimate of drug-likeness (QED) is 0.835. The third-order valence-electron chi connectivity index (χ3n) is 2.83. The summed E-state index contributed by atoms with van der Waals surface area (Å²) in [7, 11) is 0. The second kappa shape index (κ2) is 8.22. The van der Waals surface area contributed by atoms with Gasteiger partial charge in [0.2, 0.25) is 11.8 Å². The van der Waals surface area contributed by atoms with Crippen molar-refractivity contribution < 1.29 is 14.7 Å². The Morgan fingerprint density at radius 3 is 2.52 bits per heavy atom. The van der Waals surface area contributed by atoms with E-state index < -0.39 is 6.04 Å². The van der Waals surface area contributed by atoms with Crippen LogP contribution in [0.3, 0.4) is 0 Å². The Hall–Kier alpha value is -1.30. The molecule has 0 aliphatic heterocycles. The summed E-state index contributed by atoms with van der Waals surface area (Å²) in [5.74, 6) is -0.556. The van der Waals surface area contributed by atoms with E-state index in [-0.39, 0.29) is 31.5 Å². The van der Waals surface area contributed by atoms with Crippen molar-refractivity contribution in [1.82, 2.24) is 10.2 Å². The Kier molecular flexibility index (Phi) is 6.95. The molecular formula is C14H18Cl2N2O3. The smallest absolute Gasteiger partial charge is 0.245 e. The minimum absolute atomic E-state index is 0.167. The highest BCUT2D eigenvalue weighted by Gasteiger charge is 2.21. The molecule has 1 atom stereocenters. The van der Waals surface area contributed by atoms with Gasteiger partial charge in [-0.15, -0.1) is 0 Å². The molecule has 2 N–H and O–H groups in total. The number of carbonyl (C=O) groups is 2. The number of nitrogens with zero attached hydrogens (tertiary/aromatic N) is 1. The number of aliphatic hydroxyl groups excluding tert-OH is 1. The van der Waals surface area contributed by atoms with Gasteiger partial charge in [-0.1, -0.05) is 29.3 Å². The second-order valence-corrected chi connectivity index (χ2v) is 5.47. The van der Waals surface area contributed by atoms with Crippen LogP contribution in [0.4, 0.5) is 0 Å². The zero-order chi connectivity index (χ0) is 16.0. The molecule has 0 spiro atoms. The zero-order valence-corrected chi connectivity index (χ0v) is 13.4. The summed E-state index contributed by atoms with van der Waals surface area (Å²) < 4.78 is 0. The average molecular weight is 333 g/mol. The Morgan fingerprint density at radius 2 is 2.00 bits per heavy atom. The summed E-state index contributed by atoms with van der Waals surface area (Å²) in [5, 5.41) is 12.5. The number of aliphatic hydroxyl groups is 1. The number of amides is 2. The van der Waals surface area contributed by atoms with Crippen LogP contribution in [-0.4, -0.2) is 41.0 Å².